The zero-order valence-corrected chi connectivity index (χ0v) is 14.7. The van der Waals surface area contributed by atoms with Gasteiger partial charge in [0.25, 0.3) is 5.56 Å². The number of aromatic nitrogens is 1. The van der Waals surface area contributed by atoms with Crippen molar-refractivity contribution in [1.29, 1.82) is 0 Å². The lowest BCUT2D eigenvalue weighted by Gasteiger charge is -2.21. The molecule has 0 unspecified atom stereocenters. The van der Waals surface area contributed by atoms with Gasteiger partial charge in [0.1, 0.15) is 0 Å². The quantitative estimate of drug-likeness (QED) is 0.900. The van der Waals surface area contributed by atoms with Crippen LogP contribution < -0.4 is 11.0 Å². The molecule has 1 aromatic heterocycles. The minimum atomic E-state index is -0.633. The predicted octanol–water partition coefficient (Wildman–Crippen LogP) is 3.96. The van der Waals surface area contributed by atoms with Crippen LogP contribution in [0.5, 0.6) is 5.75 Å². The third-order valence-electron chi connectivity index (χ3n) is 4.24. The van der Waals surface area contributed by atoms with Crippen LogP contribution in [-0.4, -0.2) is 10.1 Å². The Kier molecular flexibility index (Phi) is 4.64. The van der Waals surface area contributed by atoms with E-state index in [9.17, 15) is 14.7 Å². The van der Waals surface area contributed by atoms with Crippen LogP contribution in [-0.2, 0) is 0 Å². The molecular formula is C19H25NO3. The lowest BCUT2D eigenvalue weighted by atomic mass is 9.84. The molecule has 0 bridgehead atoms. The third-order valence-corrected chi connectivity index (χ3v) is 4.24. The zero-order valence-electron chi connectivity index (χ0n) is 14.7. The molecule has 0 saturated carbocycles. The fourth-order valence-electron chi connectivity index (χ4n) is 3.13. The summed E-state index contributed by atoms with van der Waals surface area (Å²) in [7, 11) is 0. The molecule has 0 aliphatic heterocycles. The van der Waals surface area contributed by atoms with Crippen LogP contribution in [0.4, 0.5) is 0 Å². The predicted molar refractivity (Wildman–Crippen MR) is 94.8 cm³/mol. The Morgan fingerprint density at radius 1 is 0.870 bits per heavy atom. The Morgan fingerprint density at radius 3 is 1.91 bits per heavy atom. The first-order valence-electron chi connectivity index (χ1n) is 8.12. The Bertz CT molecular complexity index is 861. The van der Waals surface area contributed by atoms with Crippen molar-refractivity contribution in [3.63, 3.8) is 0 Å². The van der Waals surface area contributed by atoms with Crippen molar-refractivity contribution in [1.82, 2.24) is 4.98 Å². The molecule has 2 rings (SSSR count). The molecule has 0 spiro atoms. The van der Waals surface area contributed by atoms with Crippen molar-refractivity contribution in [3.05, 3.63) is 49.4 Å². The molecule has 124 valence electrons. The fraction of sp³-hybridized carbons (Fsp3) is 0.474. The lowest BCUT2D eigenvalue weighted by Crippen LogP contribution is -2.10. The molecule has 0 saturated heterocycles. The maximum Gasteiger partial charge on any atom is 0.290 e. The number of hydrogen-bond donors (Lipinski definition) is 2. The van der Waals surface area contributed by atoms with E-state index in [0.29, 0.717) is 10.9 Å². The molecule has 0 aliphatic rings. The summed E-state index contributed by atoms with van der Waals surface area (Å²) >= 11 is 0. The number of hydrogen-bond acceptors (Lipinski definition) is 3. The Balaban J connectivity index is 3.23. The standard InChI is InChI=1S/C19H25NO3/c1-9(2)12-7-13(10(3)4)18-17(16(12)11(5)6)14(21)8-15(22)19(23)20-18/h7-11,22H,1-6H3,(H,20,23). The molecule has 2 aromatic rings. The summed E-state index contributed by atoms with van der Waals surface area (Å²) in [4.78, 5) is 27.5. The van der Waals surface area contributed by atoms with Crippen LogP contribution in [0.1, 0.15) is 76.0 Å². The van der Waals surface area contributed by atoms with Gasteiger partial charge in [0.15, 0.2) is 11.2 Å². The van der Waals surface area contributed by atoms with Crippen LogP contribution >= 0.6 is 0 Å². The summed E-state index contributed by atoms with van der Waals surface area (Å²) in [6.45, 7) is 12.4. The number of benzene rings is 1. The fourth-order valence-corrected chi connectivity index (χ4v) is 3.13. The number of fused-ring (bicyclic) bond motifs is 1. The summed E-state index contributed by atoms with van der Waals surface area (Å²) in [5, 5.41) is 10.3. The third kappa shape index (κ3) is 3.03. The van der Waals surface area contributed by atoms with E-state index >= 15 is 0 Å². The summed E-state index contributed by atoms with van der Waals surface area (Å²) < 4.78 is 0. The van der Waals surface area contributed by atoms with E-state index in [1.165, 1.54) is 0 Å². The van der Waals surface area contributed by atoms with Crippen molar-refractivity contribution >= 4 is 10.9 Å². The van der Waals surface area contributed by atoms with Gasteiger partial charge in [0, 0.05) is 11.5 Å². The van der Waals surface area contributed by atoms with Crippen LogP contribution in [0.3, 0.4) is 0 Å². The summed E-state index contributed by atoms with van der Waals surface area (Å²) in [6, 6.07) is 3.13. The van der Waals surface area contributed by atoms with E-state index in [4.69, 9.17) is 0 Å². The Hall–Kier alpha value is -2.10. The molecule has 1 heterocycles. The summed E-state index contributed by atoms with van der Waals surface area (Å²) in [6.07, 6.45) is 0. The van der Waals surface area contributed by atoms with Gasteiger partial charge in [-0.1, -0.05) is 47.6 Å². The average molecular weight is 315 g/mol. The minimum absolute atomic E-state index is 0.136. The van der Waals surface area contributed by atoms with Gasteiger partial charge in [0.05, 0.1) is 5.52 Å². The number of nitrogens with one attached hydrogen (secondary N) is 1. The lowest BCUT2D eigenvalue weighted by molar-refractivity contribution is 0.468. The molecule has 4 nitrogen and oxygen atoms in total. The summed E-state index contributed by atoms with van der Waals surface area (Å²) in [5.41, 5.74) is 2.60. The average Bonchev–Trinajstić information content (AvgIpc) is 2.54. The van der Waals surface area contributed by atoms with E-state index < -0.39 is 11.3 Å². The van der Waals surface area contributed by atoms with Crippen LogP contribution in [0, 0.1) is 0 Å². The first-order chi connectivity index (χ1) is 10.6. The van der Waals surface area contributed by atoms with Gasteiger partial charge in [-0.15, -0.1) is 0 Å². The van der Waals surface area contributed by atoms with Crippen molar-refractivity contribution in [2.75, 3.05) is 0 Å². The summed E-state index contributed by atoms with van der Waals surface area (Å²) in [5.74, 6) is 0.00824. The highest BCUT2D eigenvalue weighted by Crippen LogP contribution is 2.35. The van der Waals surface area contributed by atoms with Gasteiger partial charge in [-0.3, -0.25) is 9.59 Å². The molecular weight excluding hydrogens is 290 g/mol. The number of rotatable bonds is 3. The monoisotopic (exact) mass is 315 g/mol. The highest BCUT2D eigenvalue weighted by molar-refractivity contribution is 5.87. The van der Waals surface area contributed by atoms with Gasteiger partial charge in [-0.25, -0.2) is 0 Å². The highest BCUT2D eigenvalue weighted by atomic mass is 16.3. The van der Waals surface area contributed by atoms with Gasteiger partial charge < -0.3 is 10.1 Å². The maximum absolute atomic E-state index is 12.7. The molecule has 2 N–H and O–H groups in total. The van der Waals surface area contributed by atoms with Crippen molar-refractivity contribution in [2.45, 2.75) is 59.3 Å². The topological polar surface area (TPSA) is 70.2 Å². The van der Waals surface area contributed by atoms with Gasteiger partial charge in [-0.2, -0.15) is 0 Å². The van der Waals surface area contributed by atoms with Crippen molar-refractivity contribution in [2.24, 2.45) is 0 Å². The van der Waals surface area contributed by atoms with E-state index in [1.54, 1.807) is 0 Å². The second-order valence-corrected chi connectivity index (χ2v) is 7.03. The normalized spacial score (nSPS) is 11.9. The zero-order chi connectivity index (χ0) is 17.5. The molecule has 0 aliphatic carbocycles. The largest absolute Gasteiger partial charge is 0.503 e. The SMILES string of the molecule is CC(C)c1cc(C(C)C)c2[nH]c(=O)c(O)cc(=O)c2c1C(C)C. The molecule has 1 aromatic carbocycles. The minimum Gasteiger partial charge on any atom is -0.503 e. The van der Waals surface area contributed by atoms with E-state index in [-0.39, 0.29) is 23.2 Å². The highest BCUT2D eigenvalue weighted by Gasteiger charge is 2.20. The smallest absolute Gasteiger partial charge is 0.290 e. The first kappa shape index (κ1) is 17.3. The van der Waals surface area contributed by atoms with Crippen molar-refractivity contribution in [3.8, 4) is 5.75 Å². The number of aromatic amines is 1. The van der Waals surface area contributed by atoms with E-state index in [2.05, 4.69) is 24.9 Å². The van der Waals surface area contributed by atoms with E-state index in [0.717, 1.165) is 22.8 Å². The number of aromatic hydroxyl groups is 1. The molecule has 0 amide bonds. The van der Waals surface area contributed by atoms with Crippen LogP contribution in [0.2, 0.25) is 0 Å². The first-order valence-corrected chi connectivity index (χ1v) is 8.12. The van der Waals surface area contributed by atoms with E-state index in [1.807, 2.05) is 27.7 Å². The van der Waals surface area contributed by atoms with Crippen LogP contribution in [0.15, 0.2) is 21.7 Å². The second kappa shape index (κ2) is 6.19. The molecule has 0 atom stereocenters. The second-order valence-electron chi connectivity index (χ2n) is 7.03. The molecule has 0 fully saturated rings. The van der Waals surface area contributed by atoms with Gasteiger partial charge >= 0.3 is 0 Å². The molecule has 0 radical (unpaired) electrons. The van der Waals surface area contributed by atoms with Gasteiger partial charge in [-0.05, 0) is 34.4 Å². The van der Waals surface area contributed by atoms with Gasteiger partial charge in [0.2, 0.25) is 0 Å². The van der Waals surface area contributed by atoms with Crippen molar-refractivity contribution < 1.29 is 5.11 Å². The Labute approximate surface area is 136 Å². The maximum atomic E-state index is 12.7. The molecule has 23 heavy (non-hydrogen) atoms. The molecule has 4 heteroatoms. The Morgan fingerprint density at radius 2 is 1.43 bits per heavy atom. The number of H-pyrrole nitrogens is 1. The van der Waals surface area contributed by atoms with Crippen LogP contribution in [0.25, 0.3) is 10.9 Å².